The average molecular weight is 598 g/mol. The van der Waals surface area contributed by atoms with E-state index >= 15 is 0 Å². The summed E-state index contributed by atoms with van der Waals surface area (Å²) in [6, 6.07) is 7.62. The van der Waals surface area contributed by atoms with Gasteiger partial charge in [0.1, 0.15) is 11.9 Å². The fraction of sp³-hybridized carbons (Fsp3) is 0.296. The number of amidine groups is 1. The second-order valence-corrected chi connectivity index (χ2v) is 10.00. The highest BCUT2D eigenvalue weighted by molar-refractivity contribution is 6.34. The lowest BCUT2D eigenvalue weighted by molar-refractivity contribution is -0.125. The van der Waals surface area contributed by atoms with Crippen LogP contribution in [0.4, 0.5) is 11.8 Å². The number of rotatable bonds is 10. The van der Waals surface area contributed by atoms with Crippen molar-refractivity contribution < 1.29 is 9.59 Å². The number of fused-ring (bicyclic) bond motifs is 1. The smallest absolute Gasteiger partial charge is 0.255 e. The molecule has 0 spiro atoms. The summed E-state index contributed by atoms with van der Waals surface area (Å²) in [6.45, 7) is 6.42. The lowest BCUT2D eigenvalue weighted by Crippen LogP contribution is -2.46. The molecule has 3 aromatic rings. The highest BCUT2D eigenvalue weighted by Crippen LogP contribution is 2.32. The van der Waals surface area contributed by atoms with Crippen molar-refractivity contribution in [2.24, 2.45) is 5.10 Å². The molecule has 0 unspecified atom stereocenters. The Morgan fingerprint density at radius 1 is 1.20 bits per heavy atom. The second kappa shape index (κ2) is 12.9. The van der Waals surface area contributed by atoms with Gasteiger partial charge in [0.2, 0.25) is 11.9 Å². The van der Waals surface area contributed by atoms with Crippen molar-refractivity contribution in [1.29, 1.82) is 5.41 Å². The Morgan fingerprint density at radius 3 is 2.68 bits per heavy atom. The molecule has 5 N–H and O–H groups in total. The van der Waals surface area contributed by atoms with Crippen molar-refractivity contribution in [2.45, 2.75) is 39.4 Å². The van der Waals surface area contributed by atoms with Crippen molar-refractivity contribution in [2.75, 3.05) is 24.2 Å². The van der Waals surface area contributed by atoms with Crippen molar-refractivity contribution >= 4 is 58.8 Å². The molecular formula is C27H30Cl2N10O2. The summed E-state index contributed by atoms with van der Waals surface area (Å²) in [4.78, 5) is 41.3. The molecule has 0 aliphatic carbocycles. The normalized spacial score (nSPS) is 14.2. The van der Waals surface area contributed by atoms with E-state index in [-0.39, 0.29) is 35.2 Å². The van der Waals surface area contributed by atoms with Gasteiger partial charge in [-0.15, -0.1) is 0 Å². The first kappa shape index (κ1) is 29.7. The summed E-state index contributed by atoms with van der Waals surface area (Å²) in [6.07, 6.45) is 2.44. The molecule has 1 aliphatic rings. The van der Waals surface area contributed by atoms with Gasteiger partial charge in [0.05, 0.1) is 39.9 Å². The minimum Gasteiger partial charge on any atom is -0.370 e. The van der Waals surface area contributed by atoms with Crippen molar-refractivity contribution in [3.05, 3.63) is 63.4 Å². The average Bonchev–Trinajstić information content (AvgIpc) is 3.29. The Balaban J connectivity index is 1.51. The number of aromatic nitrogens is 3. The van der Waals surface area contributed by atoms with Gasteiger partial charge in [-0.3, -0.25) is 9.59 Å². The van der Waals surface area contributed by atoms with E-state index < -0.39 is 12.1 Å². The quantitative estimate of drug-likeness (QED) is 0.133. The Labute approximate surface area is 247 Å². The number of anilines is 2. The third-order valence-electron chi connectivity index (χ3n) is 6.42. The molecule has 14 heteroatoms. The molecule has 3 heterocycles. The summed E-state index contributed by atoms with van der Waals surface area (Å²) in [7, 11) is 1.60. The molecule has 1 aliphatic heterocycles. The number of carbonyl (C=O) groups is 2. The first-order valence-electron chi connectivity index (χ1n) is 12.9. The van der Waals surface area contributed by atoms with Crippen LogP contribution in [0, 0.1) is 5.41 Å². The lowest BCUT2D eigenvalue weighted by atomic mass is 10.0. The summed E-state index contributed by atoms with van der Waals surface area (Å²) < 4.78 is 0. The number of amides is 2. The van der Waals surface area contributed by atoms with E-state index in [1.54, 1.807) is 39.1 Å². The molecule has 214 valence electrons. The molecule has 2 atom stereocenters. The van der Waals surface area contributed by atoms with Gasteiger partial charge in [0, 0.05) is 31.3 Å². The summed E-state index contributed by atoms with van der Waals surface area (Å²) in [5.74, 6) is 0.435. The molecule has 1 aromatic carbocycles. The third kappa shape index (κ3) is 6.55. The zero-order valence-corrected chi connectivity index (χ0v) is 24.4. The first-order chi connectivity index (χ1) is 19.7. The molecule has 0 fully saturated rings. The highest BCUT2D eigenvalue weighted by Gasteiger charge is 2.35. The van der Waals surface area contributed by atoms with Gasteiger partial charge in [-0.25, -0.2) is 15.0 Å². The van der Waals surface area contributed by atoms with Gasteiger partial charge in [0.15, 0.2) is 5.84 Å². The number of hydrogen-bond acceptors (Lipinski definition) is 9. The number of benzene rings is 1. The van der Waals surface area contributed by atoms with Crippen molar-refractivity contribution in [3.63, 3.8) is 0 Å². The van der Waals surface area contributed by atoms with Crippen LogP contribution in [0.25, 0.3) is 11.3 Å². The number of nitrogens with one attached hydrogen (secondary N) is 5. The summed E-state index contributed by atoms with van der Waals surface area (Å²) >= 11 is 12.8. The van der Waals surface area contributed by atoms with E-state index in [9.17, 15) is 9.59 Å². The fourth-order valence-electron chi connectivity index (χ4n) is 4.33. The van der Waals surface area contributed by atoms with E-state index in [1.165, 1.54) is 11.1 Å². The van der Waals surface area contributed by atoms with Gasteiger partial charge in [0.25, 0.3) is 5.91 Å². The van der Waals surface area contributed by atoms with Gasteiger partial charge in [-0.2, -0.15) is 5.10 Å². The first-order valence-corrected chi connectivity index (χ1v) is 13.6. The Kier molecular flexibility index (Phi) is 9.35. The number of nitrogens with zero attached hydrogens (tertiary/aromatic N) is 5. The highest BCUT2D eigenvalue weighted by atomic mass is 35.5. The number of halogens is 2. The SMILES string of the molecule is CCNc1ccc(Cl)c([C@@H](C)NC(=O)[C@@H](C)N2Cc3ccc(-c4nc(N/C(C=N)=N/NC)ncc4Cl)cc3C2=O)n1. The minimum atomic E-state index is -0.749. The molecule has 12 nitrogen and oxygen atoms in total. The summed E-state index contributed by atoms with van der Waals surface area (Å²) in [5.41, 5.74) is 5.36. The molecule has 2 aromatic heterocycles. The zero-order valence-electron chi connectivity index (χ0n) is 22.9. The van der Waals surface area contributed by atoms with Crippen LogP contribution in [-0.4, -0.2) is 63.4 Å². The Bertz CT molecular complexity index is 1510. The van der Waals surface area contributed by atoms with E-state index in [1.807, 2.05) is 19.1 Å². The van der Waals surface area contributed by atoms with Gasteiger partial charge in [-0.1, -0.05) is 35.3 Å². The van der Waals surface area contributed by atoms with Crippen LogP contribution in [0.3, 0.4) is 0 Å². The zero-order chi connectivity index (χ0) is 29.7. The number of pyridine rings is 1. The van der Waals surface area contributed by atoms with Gasteiger partial charge >= 0.3 is 0 Å². The van der Waals surface area contributed by atoms with Crippen LogP contribution in [0.1, 0.15) is 48.4 Å². The lowest BCUT2D eigenvalue weighted by Gasteiger charge is -2.25. The topological polar surface area (TPSA) is 160 Å². The standard InChI is InChI=1S/C27H30Cl2N10O2/c1-5-32-21-9-8-19(28)23(35-21)14(2)34-25(40)15(3)39-13-17-7-6-16(10-18(17)26(39)41)24-20(29)12-33-27(37-24)36-22(11-30)38-31-4/h6-12,14-15,30-31H,5,13H2,1-4H3,(H,32,35)(H,34,40)(H,33,36,37,38)/t14-,15-/m1/s1. The van der Waals surface area contributed by atoms with Crippen molar-refractivity contribution in [1.82, 2.24) is 30.6 Å². The van der Waals surface area contributed by atoms with E-state index in [0.29, 0.717) is 39.9 Å². The molecule has 0 saturated heterocycles. The summed E-state index contributed by atoms with van der Waals surface area (Å²) in [5, 5.41) is 21.0. The third-order valence-corrected chi connectivity index (χ3v) is 7.01. The molecule has 0 radical (unpaired) electrons. The van der Waals surface area contributed by atoms with Gasteiger partial charge < -0.3 is 31.7 Å². The Hall–Kier alpha value is -4.29. The predicted octanol–water partition coefficient (Wildman–Crippen LogP) is 4.09. The van der Waals surface area contributed by atoms with Crippen LogP contribution in [0.15, 0.2) is 41.6 Å². The van der Waals surface area contributed by atoms with E-state index in [2.05, 4.69) is 41.4 Å². The Morgan fingerprint density at radius 2 is 1.98 bits per heavy atom. The second-order valence-electron chi connectivity index (χ2n) is 9.19. The molecule has 4 rings (SSSR count). The van der Waals surface area contributed by atoms with E-state index in [0.717, 1.165) is 11.8 Å². The fourth-order valence-corrected chi connectivity index (χ4v) is 4.80. The molecule has 0 saturated carbocycles. The predicted molar refractivity (Wildman–Crippen MR) is 161 cm³/mol. The van der Waals surface area contributed by atoms with Crippen LogP contribution >= 0.6 is 23.2 Å². The van der Waals surface area contributed by atoms with Crippen LogP contribution in [-0.2, 0) is 11.3 Å². The van der Waals surface area contributed by atoms with Crippen molar-refractivity contribution in [3.8, 4) is 11.3 Å². The minimum absolute atomic E-state index is 0.181. The maximum Gasteiger partial charge on any atom is 0.255 e. The number of carbonyl (C=O) groups excluding carboxylic acids is 2. The van der Waals surface area contributed by atoms with Gasteiger partial charge in [-0.05, 0) is 44.5 Å². The molecule has 41 heavy (non-hydrogen) atoms. The van der Waals surface area contributed by atoms with Crippen LogP contribution in [0.5, 0.6) is 0 Å². The van der Waals surface area contributed by atoms with E-state index in [4.69, 9.17) is 28.6 Å². The maximum atomic E-state index is 13.4. The maximum absolute atomic E-state index is 13.4. The number of hydrazone groups is 1. The monoisotopic (exact) mass is 596 g/mol. The molecular weight excluding hydrogens is 567 g/mol. The molecule has 0 bridgehead atoms. The molecule has 2 amide bonds. The number of hydrogen-bond donors (Lipinski definition) is 5. The van der Waals surface area contributed by atoms with Crippen LogP contribution in [0.2, 0.25) is 10.0 Å². The van der Waals surface area contributed by atoms with Crippen LogP contribution < -0.4 is 21.4 Å². The largest absolute Gasteiger partial charge is 0.370 e.